The molecule has 0 radical (unpaired) electrons. The summed E-state index contributed by atoms with van der Waals surface area (Å²) in [6, 6.07) is 0. The highest BCUT2D eigenvalue weighted by Crippen LogP contribution is 2.59. The number of fused-ring (bicyclic) bond motifs is 1. The summed E-state index contributed by atoms with van der Waals surface area (Å²) in [7, 11) is 0. The van der Waals surface area contributed by atoms with E-state index in [4.69, 9.17) is 10.5 Å². The average Bonchev–Trinajstić information content (AvgIpc) is 2.43. The SMILES string of the molecule is NCCC12COC(CF)(C1)C2. The fourth-order valence-electron chi connectivity index (χ4n) is 2.51. The molecular formula is C8H14FNO. The van der Waals surface area contributed by atoms with Gasteiger partial charge >= 0.3 is 0 Å². The van der Waals surface area contributed by atoms with Crippen molar-refractivity contribution >= 4 is 0 Å². The van der Waals surface area contributed by atoms with Gasteiger partial charge in [-0.25, -0.2) is 4.39 Å². The summed E-state index contributed by atoms with van der Waals surface area (Å²) < 4.78 is 17.8. The topological polar surface area (TPSA) is 35.2 Å². The van der Waals surface area contributed by atoms with Crippen molar-refractivity contribution in [2.24, 2.45) is 11.1 Å². The van der Waals surface area contributed by atoms with Gasteiger partial charge in [0.1, 0.15) is 6.67 Å². The van der Waals surface area contributed by atoms with E-state index in [1.807, 2.05) is 0 Å². The third-order valence-corrected chi connectivity index (χ3v) is 3.00. The Balaban J connectivity index is 1.97. The molecule has 0 spiro atoms. The second kappa shape index (κ2) is 2.17. The molecule has 0 aromatic carbocycles. The fraction of sp³-hybridized carbons (Fsp3) is 1.00. The molecule has 1 saturated carbocycles. The third-order valence-electron chi connectivity index (χ3n) is 3.00. The summed E-state index contributed by atoms with van der Waals surface area (Å²) in [4.78, 5) is 0. The normalized spacial score (nSPS) is 47.5. The lowest BCUT2D eigenvalue weighted by atomic mass is 9.61. The Bertz CT molecular complexity index is 165. The van der Waals surface area contributed by atoms with E-state index in [1.54, 1.807) is 0 Å². The molecule has 2 nitrogen and oxygen atoms in total. The van der Waals surface area contributed by atoms with Gasteiger partial charge in [-0.05, 0) is 25.8 Å². The van der Waals surface area contributed by atoms with E-state index in [1.165, 1.54) is 0 Å². The van der Waals surface area contributed by atoms with Crippen molar-refractivity contribution in [1.82, 2.24) is 0 Å². The monoisotopic (exact) mass is 159 g/mol. The Hall–Kier alpha value is -0.150. The first-order valence-electron chi connectivity index (χ1n) is 4.14. The lowest BCUT2D eigenvalue weighted by Gasteiger charge is -2.42. The molecule has 2 aliphatic heterocycles. The van der Waals surface area contributed by atoms with E-state index in [2.05, 4.69) is 0 Å². The molecule has 2 N–H and O–H groups in total. The molecule has 3 rings (SSSR count). The van der Waals surface area contributed by atoms with Crippen LogP contribution in [0.3, 0.4) is 0 Å². The van der Waals surface area contributed by atoms with E-state index >= 15 is 0 Å². The van der Waals surface area contributed by atoms with Crippen LogP contribution >= 0.6 is 0 Å². The molecule has 1 aliphatic carbocycles. The van der Waals surface area contributed by atoms with Crippen LogP contribution in [0.5, 0.6) is 0 Å². The van der Waals surface area contributed by atoms with Crippen molar-refractivity contribution < 1.29 is 9.13 Å². The Morgan fingerprint density at radius 3 is 2.64 bits per heavy atom. The highest BCUT2D eigenvalue weighted by molar-refractivity contribution is 5.10. The van der Waals surface area contributed by atoms with Crippen molar-refractivity contribution in [3.63, 3.8) is 0 Å². The van der Waals surface area contributed by atoms with Crippen molar-refractivity contribution in [2.45, 2.75) is 24.9 Å². The van der Waals surface area contributed by atoms with Crippen LogP contribution in [0, 0.1) is 5.41 Å². The molecule has 2 saturated heterocycles. The zero-order valence-electron chi connectivity index (χ0n) is 6.61. The van der Waals surface area contributed by atoms with E-state index in [0.717, 1.165) is 25.9 Å². The highest BCUT2D eigenvalue weighted by atomic mass is 19.1. The van der Waals surface area contributed by atoms with E-state index in [9.17, 15) is 4.39 Å². The van der Waals surface area contributed by atoms with Gasteiger partial charge in [0.15, 0.2) is 0 Å². The van der Waals surface area contributed by atoms with Crippen molar-refractivity contribution in [3.8, 4) is 0 Å². The summed E-state index contributed by atoms with van der Waals surface area (Å²) in [5.41, 5.74) is 5.34. The quantitative estimate of drug-likeness (QED) is 0.662. The van der Waals surface area contributed by atoms with Gasteiger partial charge in [-0.3, -0.25) is 0 Å². The Labute approximate surface area is 65.9 Å². The van der Waals surface area contributed by atoms with Gasteiger partial charge < -0.3 is 10.5 Å². The summed E-state index contributed by atoms with van der Waals surface area (Å²) in [6.45, 7) is 1.11. The molecular weight excluding hydrogens is 145 g/mol. The van der Waals surface area contributed by atoms with Crippen LogP contribution in [-0.2, 0) is 4.74 Å². The Morgan fingerprint density at radius 1 is 1.45 bits per heavy atom. The predicted molar refractivity (Wildman–Crippen MR) is 40.0 cm³/mol. The average molecular weight is 159 g/mol. The van der Waals surface area contributed by atoms with E-state index in [0.29, 0.717) is 6.54 Å². The molecule has 2 heterocycles. The molecule has 0 aromatic rings. The van der Waals surface area contributed by atoms with Crippen LogP contribution in [-0.4, -0.2) is 25.4 Å². The second-order valence-corrected chi connectivity index (χ2v) is 4.00. The van der Waals surface area contributed by atoms with Gasteiger partial charge in [0, 0.05) is 5.41 Å². The molecule has 0 aromatic heterocycles. The highest BCUT2D eigenvalue weighted by Gasteiger charge is 2.61. The lowest BCUT2D eigenvalue weighted by Crippen LogP contribution is -2.46. The number of hydrogen-bond donors (Lipinski definition) is 1. The van der Waals surface area contributed by atoms with Crippen LogP contribution in [0.25, 0.3) is 0 Å². The standard InChI is InChI=1S/C8H14FNO/c9-5-8-3-7(4-8,1-2-10)6-11-8/h1-6,10H2. The van der Waals surface area contributed by atoms with Gasteiger partial charge in [0.05, 0.1) is 12.2 Å². The van der Waals surface area contributed by atoms with Crippen molar-refractivity contribution in [1.29, 1.82) is 0 Å². The van der Waals surface area contributed by atoms with E-state index < -0.39 is 0 Å². The third kappa shape index (κ3) is 0.908. The van der Waals surface area contributed by atoms with Crippen LogP contribution in [0.15, 0.2) is 0 Å². The number of alkyl halides is 1. The summed E-state index contributed by atoms with van der Waals surface area (Å²) in [5.74, 6) is 0. The smallest absolute Gasteiger partial charge is 0.118 e. The zero-order valence-corrected chi connectivity index (χ0v) is 6.61. The predicted octanol–water partition coefficient (Wildman–Crippen LogP) is 0.854. The maximum atomic E-state index is 12.4. The van der Waals surface area contributed by atoms with Gasteiger partial charge in [-0.2, -0.15) is 0 Å². The lowest BCUT2D eigenvalue weighted by molar-refractivity contribution is -0.0354. The number of halogens is 1. The molecule has 0 unspecified atom stereocenters. The van der Waals surface area contributed by atoms with E-state index in [-0.39, 0.29) is 17.7 Å². The first kappa shape index (κ1) is 7.50. The number of rotatable bonds is 3. The van der Waals surface area contributed by atoms with Crippen LogP contribution in [0.2, 0.25) is 0 Å². The molecule has 3 heteroatoms. The minimum atomic E-state index is -0.380. The molecule has 0 amide bonds. The first-order valence-corrected chi connectivity index (χ1v) is 4.14. The van der Waals surface area contributed by atoms with Crippen LogP contribution in [0.1, 0.15) is 19.3 Å². The summed E-state index contributed by atoms with van der Waals surface area (Å²) in [5, 5.41) is 0. The maximum absolute atomic E-state index is 12.4. The van der Waals surface area contributed by atoms with Crippen LogP contribution in [0.4, 0.5) is 4.39 Å². The van der Waals surface area contributed by atoms with Crippen LogP contribution < -0.4 is 5.73 Å². The minimum Gasteiger partial charge on any atom is -0.372 e. The molecule has 2 bridgehead atoms. The number of ether oxygens (including phenoxy) is 1. The first-order chi connectivity index (χ1) is 5.24. The molecule has 3 fully saturated rings. The number of hydrogen-bond acceptors (Lipinski definition) is 2. The Kier molecular flexibility index (Phi) is 1.48. The van der Waals surface area contributed by atoms with Gasteiger partial charge in [0.2, 0.25) is 0 Å². The van der Waals surface area contributed by atoms with Gasteiger partial charge in [-0.1, -0.05) is 0 Å². The maximum Gasteiger partial charge on any atom is 0.118 e. The summed E-state index contributed by atoms with van der Waals surface area (Å²) in [6.07, 6.45) is 2.79. The summed E-state index contributed by atoms with van der Waals surface area (Å²) >= 11 is 0. The minimum absolute atomic E-state index is 0.265. The largest absolute Gasteiger partial charge is 0.372 e. The van der Waals surface area contributed by atoms with Gasteiger partial charge in [0.25, 0.3) is 0 Å². The fourth-order valence-corrected chi connectivity index (χ4v) is 2.51. The van der Waals surface area contributed by atoms with Crippen molar-refractivity contribution in [2.75, 3.05) is 19.8 Å². The zero-order chi connectivity index (χ0) is 7.95. The van der Waals surface area contributed by atoms with Crippen molar-refractivity contribution in [3.05, 3.63) is 0 Å². The molecule has 64 valence electrons. The molecule has 0 atom stereocenters. The molecule has 3 aliphatic rings. The second-order valence-electron chi connectivity index (χ2n) is 4.00. The Morgan fingerprint density at radius 2 is 2.18 bits per heavy atom. The number of nitrogens with two attached hydrogens (primary N) is 1. The van der Waals surface area contributed by atoms with Gasteiger partial charge in [-0.15, -0.1) is 0 Å². The molecule has 11 heavy (non-hydrogen) atoms.